The van der Waals surface area contributed by atoms with E-state index in [0.717, 1.165) is 39.1 Å². The van der Waals surface area contributed by atoms with Gasteiger partial charge in [0.15, 0.2) is 12.0 Å². The van der Waals surface area contributed by atoms with Gasteiger partial charge >= 0.3 is 0 Å². The highest BCUT2D eigenvalue weighted by Gasteiger charge is 2.22. The first-order valence-corrected chi connectivity index (χ1v) is 10.2. The van der Waals surface area contributed by atoms with Gasteiger partial charge in [-0.25, -0.2) is 9.99 Å². The first-order valence-electron chi connectivity index (χ1n) is 10.2. The third-order valence-corrected chi connectivity index (χ3v) is 5.44. The predicted octanol–water partition coefficient (Wildman–Crippen LogP) is 3.40. The molecule has 3 heterocycles. The Hall–Kier alpha value is -2.92. The van der Waals surface area contributed by atoms with Gasteiger partial charge in [-0.15, -0.1) is 4.91 Å². The summed E-state index contributed by atoms with van der Waals surface area (Å²) >= 11 is 0. The van der Waals surface area contributed by atoms with Crippen LogP contribution in [-0.2, 0) is 6.54 Å². The van der Waals surface area contributed by atoms with Crippen molar-refractivity contribution in [2.75, 3.05) is 38.2 Å². The average molecular weight is 396 g/mol. The van der Waals surface area contributed by atoms with Crippen molar-refractivity contribution in [3.8, 4) is 6.19 Å². The minimum atomic E-state index is 0.402. The molecule has 8 heteroatoms. The Balaban J connectivity index is 0.000000290. The fraction of sp³-hybridized carbons (Fsp3) is 0.524. The lowest BCUT2D eigenvalue weighted by Crippen LogP contribution is -2.35. The number of hydrogen-bond donors (Lipinski definition) is 0. The van der Waals surface area contributed by atoms with E-state index in [9.17, 15) is 4.91 Å². The highest BCUT2D eigenvalue weighted by Crippen LogP contribution is 2.24. The number of nitroso groups, excluding NO2 is 1. The normalized spacial score (nSPS) is 19.2. The number of benzene rings is 1. The van der Waals surface area contributed by atoms with E-state index in [-0.39, 0.29) is 0 Å². The largest absolute Gasteiger partial charge is 0.331 e. The summed E-state index contributed by atoms with van der Waals surface area (Å²) in [6.45, 7) is 5.08. The number of piperidine rings is 1. The maximum absolute atomic E-state index is 10.6. The summed E-state index contributed by atoms with van der Waals surface area (Å²) in [7, 11) is 1.61. The van der Waals surface area contributed by atoms with E-state index in [1.54, 1.807) is 18.3 Å². The van der Waals surface area contributed by atoms with Gasteiger partial charge in [0.1, 0.15) is 0 Å². The Kier molecular flexibility index (Phi) is 7.59. The second-order valence-corrected chi connectivity index (χ2v) is 7.60. The molecule has 0 saturated carbocycles. The Bertz CT molecular complexity index is 795. The summed E-state index contributed by atoms with van der Waals surface area (Å²) in [4.78, 5) is 19.1. The highest BCUT2D eigenvalue weighted by atomic mass is 16.3. The monoisotopic (exact) mass is 395 g/mol. The molecular weight excluding hydrogens is 366 g/mol. The van der Waals surface area contributed by atoms with E-state index in [2.05, 4.69) is 50.2 Å². The van der Waals surface area contributed by atoms with Crippen LogP contribution in [-0.4, -0.2) is 52.6 Å². The van der Waals surface area contributed by atoms with Crippen LogP contribution in [0.4, 0.5) is 5.82 Å². The fourth-order valence-corrected chi connectivity index (χ4v) is 3.81. The first kappa shape index (κ1) is 20.8. The molecule has 1 atom stereocenters. The molecule has 1 unspecified atom stereocenters. The summed E-state index contributed by atoms with van der Waals surface area (Å²) < 4.78 is 2.11. The zero-order valence-electron chi connectivity index (χ0n) is 17.0. The minimum Gasteiger partial charge on any atom is -0.331 e. The number of nitrogens with zero attached hydrogens (tertiary/aromatic N) is 7. The molecule has 0 aliphatic carbocycles. The average Bonchev–Trinajstić information content (AvgIpc) is 3.47. The molecule has 2 aliphatic rings. The van der Waals surface area contributed by atoms with Gasteiger partial charge in [-0.2, -0.15) is 5.26 Å². The molecule has 4 rings (SSSR count). The van der Waals surface area contributed by atoms with Crippen LogP contribution in [0, 0.1) is 16.4 Å². The minimum absolute atomic E-state index is 0.402. The summed E-state index contributed by atoms with van der Waals surface area (Å²) in [6.07, 6.45) is 10.5. The lowest BCUT2D eigenvalue weighted by molar-refractivity contribution is 0.170. The van der Waals surface area contributed by atoms with Crippen LogP contribution >= 0.6 is 0 Å². The molecule has 1 aromatic carbocycles. The Morgan fingerprint density at radius 2 is 1.97 bits per heavy atom. The van der Waals surface area contributed by atoms with Crippen molar-refractivity contribution in [1.82, 2.24) is 19.4 Å². The lowest BCUT2D eigenvalue weighted by atomic mass is 10.0. The van der Waals surface area contributed by atoms with Gasteiger partial charge in [0.25, 0.3) is 0 Å². The molecule has 2 aliphatic heterocycles. The molecular formula is C21H29N7O. The van der Waals surface area contributed by atoms with Gasteiger partial charge in [0.2, 0.25) is 0 Å². The molecule has 0 bridgehead atoms. The van der Waals surface area contributed by atoms with Gasteiger partial charge in [-0.05, 0) is 37.8 Å². The zero-order valence-corrected chi connectivity index (χ0v) is 17.0. The third kappa shape index (κ3) is 6.03. The maximum atomic E-state index is 10.6. The predicted molar refractivity (Wildman–Crippen MR) is 113 cm³/mol. The van der Waals surface area contributed by atoms with E-state index in [4.69, 9.17) is 5.26 Å². The van der Waals surface area contributed by atoms with Crippen LogP contribution in [0.5, 0.6) is 0 Å². The SMILES string of the molecule is CN(N=O)c1cn(C2CCCN(Cc3ccccc3)C2)cn1.N#CN1CCCC1. The van der Waals surface area contributed by atoms with Crippen LogP contribution in [0.3, 0.4) is 0 Å². The number of hydrogen-bond acceptors (Lipinski definition) is 6. The van der Waals surface area contributed by atoms with E-state index < -0.39 is 0 Å². The number of rotatable bonds is 5. The number of imidazole rings is 1. The molecule has 0 N–H and O–H groups in total. The molecule has 0 radical (unpaired) electrons. The standard InChI is InChI=1S/C16H21N5O.C5H8N2/c1-19(18-22)16-12-21(13-17-16)15-8-5-9-20(11-15)10-14-6-3-2-4-7-14;6-5-7-3-1-2-4-7/h2-4,6-7,12-13,15H,5,8-11H2,1H3;1-4H2. The second-order valence-electron chi connectivity index (χ2n) is 7.60. The highest BCUT2D eigenvalue weighted by molar-refractivity contribution is 5.33. The smallest absolute Gasteiger partial charge is 0.179 e. The lowest BCUT2D eigenvalue weighted by Gasteiger charge is -2.33. The number of anilines is 1. The Morgan fingerprint density at radius 1 is 1.21 bits per heavy atom. The molecule has 0 spiro atoms. The van der Waals surface area contributed by atoms with Gasteiger partial charge in [-0.1, -0.05) is 30.3 Å². The maximum Gasteiger partial charge on any atom is 0.179 e. The van der Waals surface area contributed by atoms with E-state index >= 15 is 0 Å². The van der Waals surface area contributed by atoms with Crippen molar-refractivity contribution in [2.45, 2.75) is 38.3 Å². The summed E-state index contributed by atoms with van der Waals surface area (Å²) in [5, 5.41) is 12.4. The summed E-state index contributed by atoms with van der Waals surface area (Å²) in [5.74, 6) is 0.593. The zero-order chi connectivity index (χ0) is 20.5. The Morgan fingerprint density at radius 3 is 2.62 bits per heavy atom. The van der Waals surface area contributed by atoms with Crippen LogP contribution in [0.2, 0.25) is 0 Å². The molecule has 1 aromatic heterocycles. The quantitative estimate of drug-likeness (QED) is 0.438. The number of likely N-dealkylation sites (tertiary alicyclic amines) is 2. The van der Waals surface area contributed by atoms with Gasteiger partial charge in [-0.3, -0.25) is 4.90 Å². The van der Waals surface area contributed by atoms with Crippen molar-refractivity contribution in [3.05, 3.63) is 53.3 Å². The van der Waals surface area contributed by atoms with Crippen LogP contribution < -0.4 is 5.01 Å². The molecule has 2 saturated heterocycles. The third-order valence-electron chi connectivity index (χ3n) is 5.44. The Labute approximate surface area is 172 Å². The van der Waals surface area contributed by atoms with Crippen molar-refractivity contribution in [1.29, 1.82) is 5.26 Å². The topological polar surface area (TPSA) is 80.8 Å². The van der Waals surface area contributed by atoms with Gasteiger partial charge < -0.3 is 9.47 Å². The van der Waals surface area contributed by atoms with E-state index in [0.29, 0.717) is 11.9 Å². The van der Waals surface area contributed by atoms with E-state index in [1.807, 2.05) is 12.3 Å². The summed E-state index contributed by atoms with van der Waals surface area (Å²) in [5.41, 5.74) is 1.35. The van der Waals surface area contributed by atoms with Crippen LogP contribution in [0.25, 0.3) is 0 Å². The van der Waals surface area contributed by atoms with Crippen molar-refractivity contribution < 1.29 is 0 Å². The second kappa shape index (κ2) is 10.6. The van der Waals surface area contributed by atoms with E-state index in [1.165, 1.54) is 29.8 Å². The van der Waals surface area contributed by atoms with Crippen LogP contribution in [0.1, 0.15) is 37.3 Å². The summed E-state index contributed by atoms with van der Waals surface area (Å²) in [6, 6.07) is 11.0. The first-order chi connectivity index (χ1) is 14.2. The molecule has 29 heavy (non-hydrogen) atoms. The number of aromatic nitrogens is 2. The molecule has 8 nitrogen and oxygen atoms in total. The van der Waals surface area contributed by atoms with Crippen molar-refractivity contribution in [3.63, 3.8) is 0 Å². The van der Waals surface area contributed by atoms with Crippen molar-refractivity contribution in [2.24, 2.45) is 5.29 Å². The molecule has 2 fully saturated rings. The molecule has 154 valence electrons. The fourth-order valence-electron chi connectivity index (χ4n) is 3.81. The van der Waals surface area contributed by atoms with Crippen LogP contribution in [0.15, 0.2) is 48.1 Å². The molecule has 2 aromatic rings. The van der Waals surface area contributed by atoms with Gasteiger partial charge in [0, 0.05) is 45.5 Å². The number of nitriles is 1. The molecule has 0 amide bonds. The van der Waals surface area contributed by atoms with Gasteiger partial charge in [0.05, 0.1) is 11.6 Å². The van der Waals surface area contributed by atoms with Crippen molar-refractivity contribution >= 4 is 5.82 Å².